The Kier molecular flexibility index (Phi) is 4.28. The van der Waals surface area contributed by atoms with Crippen LogP contribution in [0.15, 0.2) is 60.8 Å². The lowest BCUT2D eigenvalue weighted by Gasteiger charge is -2.27. The van der Waals surface area contributed by atoms with Crippen LogP contribution >= 0.6 is 0 Å². The van der Waals surface area contributed by atoms with Crippen LogP contribution in [0.3, 0.4) is 0 Å². The van der Waals surface area contributed by atoms with E-state index in [2.05, 4.69) is 34.6 Å². The number of aromatic nitrogens is 1. The van der Waals surface area contributed by atoms with Gasteiger partial charge in [-0.1, -0.05) is 42.5 Å². The third-order valence-corrected chi connectivity index (χ3v) is 4.96. The molecule has 2 aromatic carbocycles. The summed E-state index contributed by atoms with van der Waals surface area (Å²) in [5, 5.41) is 15.1. The van der Waals surface area contributed by atoms with Crippen molar-refractivity contribution in [1.29, 1.82) is 0 Å². The fraction of sp³-hybridized carbons (Fsp3) is 0.286. The van der Waals surface area contributed by atoms with Gasteiger partial charge in [0.1, 0.15) is 0 Å². The first kappa shape index (κ1) is 15.3. The molecule has 0 bridgehead atoms. The van der Waals surface area contributed by atoms with Crippen molar-refractivity contribution in [2.75, 3.05) is 13.1 Å². The van der Waals surface area contributed by atoms with Crippen molar-refractivity contribution in [3.05, 3.63) is 66.4 Å². The second kappa shape index (κ2) is 6.71. The van der Waals surface area contributed by atoms with Gasteiger partial charge in [0.25, 0.3) is 0 Å². The monoisotopic (exact) mass is 318 g/mol. The minimum absolute atomic E-state index is 0.312. The van der Waals surface area contributed by atoms with Gasteiger partial charge in [-0.15, -0.1) is 0 Å². The van der Waals surface area contributed by atoms with E-state index in [1.807, 2.05) is 36.5 Å². The van der Waals surface area contributed by atoms with Gasteiger partial charge in [0.15, 0.2) is 0 Å². The van der Waals surface area contributed by atoms with Crippen LogP contribution in [0, 0.1) is 5.92 Å². The number of fused-ring (bicyclic) bond motifs is 1. The normalized spacial score (nSPS) is 19.3. The van der Waals surface area contributed by atoms with Crippen molar-refractivity contribution in [2.45, 2.75) is 18.9 Å². The number of para-hydroxylation sites is 1. The average Bonchev–Trinajstić information content (AvgIpc) is 2.68. The molecule has 0 saturated carbocycles. The number of hydrogen-bond donors (Lipinski definition) is 2. The van der Waals surface area contributed by atoms with Crippen LogP contribution in [0.2, 0.25) is 0 Å². The average molecular weight is 318 g/mol. The molecule has 1 aromatic heterocycles. The summed E-state index contributed by atoms with van der Waals surface area (Å²) in [4.78, 5) is 4.53. The van der Waals surface area contributed by atoms with Gasteiger partial charge in [0.2, 0.25) is 0 Å². The van der Waals surface area contributed by atoms with Crippen LogP contribution < -0.4 is 5.32 Å². The molecule has 4 rings (SSSR count). The highest BCUT2D eigenvalue weighted by Gasteiger charge is 2.22. The largest absolute Gasteiger partial charge is 0.388 e. The first-order valence-electron chi connectivity index (χ1n) is 8.65. The number of aliphatic hydroxyl groups excluding tert-OH is 1. The topological polar surface area (TPSA) is 45.2 Å². The third-order valence-electron chi connectivity index (χ3n) is 4.96. The standard InChI is InChI=1S/C21H22N2O/c24-21(18-5-3-11-22-13-18)16-9-7-15(8-10-16)19-12-17-4-1-2-6-20(17)23-14-19/h1-2,4,6-10,12,14,18,21-22,24H,3,5,11,13H2. The second-order valence-electron chi connectivity index (χ2n) is 6.59. The Labute approximate surface area is 142 Å². The highest BCUT2D eigenvalue weighted by molar-refractivity contribution is 5.83. The van der Waals surface area contributed by atoms with Crippen LogP contribution in [0.25, 0.3) is 22.0 Å². The SMILES string of the molecule is OC(c1ccc(-c2cnc3ccccc3c2)cc1)C1CCCNC1. The lowest BCUT2D eigenvalue weighted by atomic mass is 9.89. The maximum absolute atomic E-state index is 10.6. The Morgan fingerprint density at radius 2 is 1.88 bits per heavy atom. The molecule has 1 aliphatic heterocycles. The van der Waals surface area contributed by atoms with E-state index in [9.17, 15) is 5.11 Å². The van der Waals surface area contributed by atoms with Crippen molar-refractivity contribution < 1.29 is 5.11 Å². The van der Waals surface area contributed by atoms with Crippen molar-refractivity contribution >= 4 is 10.9 Å². The van der Waals surface area contributed by atoms with Gasteiger partial charge < -0.3 is 10.4 Å². The summed E-state index contributed by atoms with van der Waals surface area (Å²) in [5.74, 6) is 0.312. The molecular formula is C21H22N2O. The van der Waals surface area contributed by atoms with E-state index in [-0.39, 0.29) is 6.10 Å². The molecule has 0 radical (unpaired) electrons. The molecule has 1 saturated heterocycles. The summed E-state index contributed by atoms with van der Waals surface area (Å²) in [6, 6.07) is 18.6. The number of nitrogens with zero attached hydrogens (tertiary/aromatic N) is 1. The molecule has 2 heterocycles. The lowest BCUT2D eigenvalue weighted by Crippen LogP contribution is -2.33. The maximum atomic E-state index is 10.6. The van der Waals surface area contributed by atoms with Crippen molar-refractivity contribution in [3.8, 4) is 11.1 Å². The van der Waals surface area contributed by atoms with Gasteiger partial charge in [0, 0.05) is 29.6 Å². The van der Waals surface area contributed by atoms with Crippen LogP contribution in [0.4, 0.5) is 0 Å². The minimum Gasteiger partial charge on any atom is -0.388 e. The molecule has 0 spiro atoms. The first-order chi connectivity index (χ1) is 11.8. The zero-order chi connectivity index (χ0) is 16.4. The van der Waals surface area contributed by atoms with Gasteiger partial charge in [-0.05, 0) is 42.6 Å². The zero-order valence-corrected chi connectivity index (χ0v) is 13.7. The summed E-state index contributed by atoms with van der Waals surface area (Å²) in [6.07, 6.45) is 3.76. The molecule has 3 aromatic rings. The Morgan fingerprint density at radius 3 is 2.67 bits per heavy atom. The van der Waals surface area contributed by atoms with E-state index < -0.39 is 0 Å². The van der Waals surface area contributed by atoms with Gasteiger partial charge in [-0.3, -0.25) is 4.98 Å². The van der Waals surface area contributed by atoms with E-state index in [0.717, 1.165) is 53.5 Å². The van der Waals surface area contributed by atoms with Gasteiger partial charge >= 0.3 is 0 Å². The van der Waals surface area contributed by atoms with E-state index >= 15 is 0 Å². The highest BCUT2D eigenvalue weighted by atomic mass is 16.3. The molecule has 0 aliphatic carbocycles. The Morgan fingerprint density at radius 1 is 1.04 bits per heavy atom. The molecule has 0 amide bonds. The van der Waals surface area contributed by atoms with Crippen molar-refractivity contribution in [3.63, 3.8) is 0 Å². The Hall–Kier alpha value is -2.23. The fourth-order valence-corrected chi connectivity index (χ4v) is 3.52. The Balaban J connectivity index is 1.58. The smallest absolute Gasteiger partial charge is 0.0830 e. The zero-order valence-electron chi connectivity index (χ0n) is 13.7. The summed E-state index contributed by atoms with van der Waals surface area (Å²) >= 11 is 0. The molecule has 1 aliphatic rings. The lowest BCUT2D eigenvalue weighted by molar-refractivity contribution is 0.0922. The van der Waals surface area contributed by atoms with E-state index in [0.29, 0.717) is 5.92 Å². The summed E-state index contributed by atoms with van der Waals surface area (Å²) in [5.41, 5.74) is 4.25. The van der Waals surface area contributed by atoms with Gasteiger partial charge in [-0.2, -0.15) is 0 Å². The highest BCUT2D eigenvalue weighted by Crippen LogP contribution is 2.29. The third kappa shape index (κ3) is 3.05. The number of rotatable bonds is 3. The molecule has 3 heteroatoms. The molecule has 3 nitrogen and oxygen atoms in total. The summed E-state index contributed by atoms with van der Waals surface area (Å²) in [6.45, 7) is 1.97. The van der Waals surface area contributed by atoms with Gasteiger partial charge in [0.05, 0.1) is 11.6 Å². The van der Waals surface area contributed by atoms with Crippen molar-refractivity contribution in [1.82, 2.24) is 10.3 Å². The Bertz CT molecular complexity index is 823. The number of aliphatic hydroxyl groups is 1. The quantitative estimate of drug-likeness (QED) is 0.769. The second-order valence-corrected chi connectivity index (χ2v) is 6.59. The summed E-state index contributed by atoms with van der Waals surface area (Å²) < 4.78 is 0. The molecular weight excluding hydrogens is 296 g/mol. The molecule has 2 unspecified atom stereocenters. The molecule has 122 valence electrons. The number of hydrogen-bond acceptors (Lipinski definition) is 3. The predicted octanol–water partition coefficient (Wildman–Crippen LogP) is 3.93. The molecule has 1 fully saturated rings. The molecule has 2 atom stereocenters. The number of nitrogens with one attached hydrogen (secondary N) is 1. The molecule has 24 heavy (non-hydrogen) atoms. The summed E-state index contributed by atoms with van der Waals surface area (Å²) in [7, 11) is 0. The maximum Gasteiger partial charge on any atom is 0.0830 e. The van der Waals surface area contributed by atoms with Gasteiger partial charge in [-0.25, -0.2) is 0 Å². The number of pyridine rings is 1. The van der Waals surface area contributed by atoms with E-state index in [1.54, 1.807) is 0 Å². The molecule has 2 N–H and O–H groups in total. The number of piperidine rings is 1. The first-order valence-corrected chi connectivity index (χ1v) is 8.65. The van der Waals surface area contributed by atoms with Crippen LogP contribution in [0.1, 0.15) is 24.5 Å². The van der Waals surface area contributed by atoms with Crippen LogP contribution in [0.5, 0.6) is 0 Å². The minimum atomic E-state index is -0.387. The van der Waals surface area contributed by atoms with E-state index in [4.69, 9.17) is 0 Å². The fourth-order valence-electron chi connectivity index (χ4n) is 3.52. The van der Waals surface area contributed by atoms with E-state index in [1.165, 1.54) is 0 Å². The van der Waals surface area contributed by atoms with Crippen molar-refractivity contribution in [2.24, 2.45) is 5.92 Å². The van der Waals surface area contributed by atoms with Crippen LogP contribution in [-0.4, -0.2) is 23.2 Å². The number of benzene rings is 2. The predicted molar refractivity (Wildman–Crippen MR) is 97.7 cm³/mol. The van der Waals surface area contributed by atoms with Crippen LogP contribution in [-0.2, 0) is 0 Å².